The zero-order valence-corrected chi connectivity index (χ0v) is 9.10. The molecule has 3 rings (SSSR count). The lowest BCUT2D eigenvalue weighted by Gasteiger charge is -2.17. The summed E-state index contributed by atoms with van der Waals surface area (Å²) in [7, 11) is 0. The lowest BCUT2D eigenvalue weighted by molar-refractivity contribution is 0.585. The van der Waals surface area contributed by atoms with Gasteiger partial charge in [-0.1, -0.05) is 42.5 Å². The zero-order chi connectivity index (χ0) is 10.7. The van der Waals surface area contributed by atoms with Crippen LogP contribution in [0.5, 0.6) is 0 Å². The predicted octanol–water partition coefficient (Wildman–Crippen LogP) is 4.17. The van der Waals surface area contributed by atoms with Gasteiger partial charge in [0.15, 0.2) is 0 Å². The van der Waals surface area contributed by atoms with Gasteiger partial charge in [0, 0.05) is 0 Å². The van der Waals surface area contributed by atoms with Crippen LogP contribution >= 0.6 is 0 Å². The topological polar surface area (TPSA) is 0 Å². The summed E-state index contributed by atoms with van der Waals surface area (Å²) < 4.78 is 0. The molecule has 1 aromatic rings. The number of fused-ring (bicyclic) bond motifs is 2. The first-order valence-electron chi connectivity index (χ1n) is 5.67. The van der Waals surface area contributed by atoms with Crippen LogP contribution in [0, 0.1) is 11.8 Å². The van der Waals surface area contributed by atoms with Crippen LogP contribution in [0.3, 0.4) is 0 Å². The van der Waals surface area contributed by atoms with Gasteiger partial charge >= 0.3 is 0 Å². The highest BCUT2D eigenvalue weighted by atomic mass is 14.4. The maximum Gasteiger partial charge on any atom is -0.00932 e. The molecule has 0 amide bonds. The van der Waals surface area contributed by atoms with Gasteiger partial charge in [-0.05, 0) is 36.2 Å². The van der Waals surface area contributed by atoms with Gasteiger partial charge < -0.3 is 0 Å². The third kappa shape index (κ3) is 1.90. The van der Waals surface area contributed by atoms with Crippen LogP contribution in [0.1, 0.15) is 24.3 Å². The summed E-state index contributed by atoms with van der Waals surface area (Å²) in [6, 6.07) is 11.0. The molecule has 0 heterocycles. The zero-order valence-electron chi connectivity index (χ0n) is 9.10. The number of hydrogen-bond acceptors (Lipinski definition) is 0. The third-order valence-corrected chi connectivity index (χ3v) is 3.51. The van der Waals surface area contributed by atoms with Gasteiger partial charge in [-0.15, -0.1) is 13.2 Å². The monoisotopic (exact) mass is 198 g/mol. The number of rotatable bonds is 1. The highest BCUT2D eigenvalue weighted by Crippen LogP contribution is 2.48. The van der Waals surface area contributed by atoms with E-state index in [0.29, 0.717) is 0 Å². The Hall–Kier alpha value is -1.30. The fourth-order valence-electron chi connectivity index (χ4n) is 2.86. The molecule has 0 saturated heterocycles. The minimum atomic E-state index is 0.816. The van der Waals surface area contributed by atoms with Gasteiger partial charge in [-0.3, -0.25) is 0 Å². The molecule has 2 bridgehead atoms. The highest BCUT2D eigenvalue weighted by Gasteiger charge is 2.35. The van der Waals surface area contributed by atoms with Crippen molar-refractivity contribution in [2.45, 2.75) is 18.8 Å². The largest absolute Gasteiger partial charge is 0.106 e. The van der Waals surface area contributed by atoms with Crippen molar-refractivity contribution >= 4 is 0 Å². The number of hydrogen-bond donors (Lipinski definition) is 0. The molecule has 0 N–H and O–H groups in total. The maximum absolute atomic E-state index is 3.00. The van der Waals surface area contributed by atoms with Crippen molar-refractivity contribution in [1.82, 2.24) is 0 Å². The lowest BCUT2D eigenvalue weighted by atomic mass is 9.87. The molecule has 0 radical (unpaired) electrons. The predicted molar refractivity (Wildman–Crippen MR) is 65.8 cm³/mol. The molecule has 1 aromatic carbocycles. The second-order valence-corrected chi connectivity index (χ2v) is 4.30. The molecule has 0 aromatic heterocycles. The van der Waals surface area contributed by atoms with E-state index in [-0.39, 0.29) is 0 Å². The van der Waals surface area contributed by atoms with Crippen molar-refractivity contribution < 1.29 is 0 Å². The Kier molecular flexibility index (Phi) is 3.05. The number of allylic oxidation sites excluding steroid dienone is 2. The standard InChI is InChI=1S/C13H14.C2H4/c1-2-4-11(5-3-1)13-9-10-6-7-12(13)8-10;1-2/h1-7,10,12-13H,8-9H2;1-2H2. The van der Waals surface area contributed by atoms with Gasteiger partial charge in [0.25, 0.3) is 0 Å². The van der Waals surface area contributed by atoms with Crippen LogP contribution in [0.15, 0.2) is 55.6 Å². The Morgan fingerprint density at radius 2 is 1.67 bits per heavy atom. The average molecular weight is 198 g/mol. The second kappa shape index (κ2) is 4.48. The minimum absolute atomic E-state index is 0.816. The van der Waals surface area contributed by atoms with E-state index in [1.807, 2.05) is 0 Å². The van der Waals surface area contributed by atoms with E-state index >= 15 is 0 Å². The molecule has 2 aliphatic rings. The first kappa shape index (κ1) is 10.2. The molecule has 3 atom stereocenters. The van der Waals surface area contributed by atoms with Crippen LogP contribution < -0.4 is 0 Å². The van der Waals surface area contributed by atoms with Crippen LogP contribution in [0.4, 0.5) is 0 Å². The Morgan fingerprint density at radius 3 is 2.20 bits per heavy atom. The molecule has 0 nitrogen and oxygen atoms in total. The Morgan fingerprint density at radius 1 is 0.933 bits per heavy atom. The molecule has 0 heteroatoms. The minimum Gasteiger partial charge on any atom is -0.106 e. The smallest absolute Gasteiger partial charge is 0.00932 e. The summed E-state index contributed by atoms with van der Waals surface area (Å²) in [5.41, 5.74) is 1.54. The molecule has 2 aliphatic carbocycles. The van der Waals surface area contributed by atoms with E-state index in [9.17, 15) is 0 Å². The van der Waals surface area contributed by atoms with Crippen LogP contribution in [-0.2, 0) is 0 Å². The molecule has 0 spiro atoms. The Labute approximate surface area is 92.3 Å². The summed E-state index contributed by atoms with van der Waals surface area (Å²) >= 11 is 0. The first-order valence-corrected chi connectivity index (χ1v) is 5.67. The Balaban J connectivity index is 0.000000404. The third-order valence-electron chi connectivity index (χ3n) is 3.51. The maximum atomic E-state index is 3.00. The Bertz CT molecular complexity index is 336. The van der Waals surface area contributed by atoms with E-state index in [2.05, 4.69) is 55.6 Å². The van der Waals surface area contributed by atoms with Gasteiger partial charge in [-0.25, -0.2) is 0 Å². The van der Waals surface area contributed by atoms with Gasteiger partial charge in [-0.2, -0.15) is 0 Å². The molecule has 1 fully saturated rings. The molecule has 15 heavy (non-hydrogen) atoms. The molecule has 78 valence electrons. The summed E-state index contributed by atoms with van der Waals surface area (Å²) in [4.78, 5) is 0. The van der Waals surface area contributed by atoms with Crippen molar-refractivity contribution in [2.75, 3.05) is 0 Å². The van der Waals surface area contributed by atoms with E-state index < -0.39 is 0 Å². The fraction of sp³-hybridized carbons (Fsp3) is 0.333. The van der Waals surface area contributed by atoms with Crippen molar-refractivity contribution in [3.8, 4) is 0 Å². The van der Waals surface area contributed by atoms with Crippen LogP contribution in [0.25, 0.3) is 0 Å². The number of benzene rings is 1. The highest BCUT2D eigenvalue weighted by molar-refractivity contribution is 5.27. The molecule has 3 unspecified atom stereocenters. The van der Waals surface area contributed by atoms with Crippen molar-refractivity contribution in [3.05, 3.63) is 61.2 Å². The van der Waals surface area contributed by atoms with E-state index in [4.69, 9.17) is 0 Å². The van der Waals surface area contributed by atoms with Gasteiger partial charge in [0.05, 0.1) is 0 Å². The van der Waals surface area contributed by atoms with Crippen LogP contribution in [-0.4, -0.2) is 0 Å². The molecular formula is C15H18. The van der Waals surface area contributed by atoms with Crippen LogP contribution in [0.2, 0.25) is 0 Å². The summed E-state index contributed by atoms with van der Waals surface area (Å²) in [5, 5.41) is 0. The first-order chi connectivity index (χ1) is 7.43. The van der Waals surface area contributed by atoms with Crippen molar-refractivity contribution in [3.63, 3.8) is 0 Å². The summed E-state index contributed by atoms with van der Waals surface area (Å²) in [5.74, 6) is 2.54. The summed E-state index contributed by atoms with van der Waals surface area (Å²) in [6.45, 7) is 6.00. The van der Waals surface area contributed by atoms with Gasteiger partial charge in [0.1, 0.15) is 0 Å². The quantitative estimate of drug-likeness (QED) is 0.594. The van der Waals surface area contributed by atoms with E-state index in [0.717, 1.165) is 17.8 Å². The molecule has 0 aliphatic heterocycles. The SMILES string of the molecule is C1=CC2CC1CC2c1ccccc1.C=C. The molecular weight excluding hydrogens is 180 g/mol. The average Bonchev–Trinajstić information content (AvgIpc) is 2.95. The van der Waals surface area contributed by atoms with Crippen molar-refractivity contribution in [2.24, 2.45) is 11.8 Å². The van der Waals surface area contributed by atoms with Gasteiger partial charge in [0.2, 0.25) is 0 Å². The summed E-state index contributed by atoms with van der Waals surface area (Å²) in [6.07, 6.45) is 7.61. The molecule has 1 saturated carbocycles. The van der Waals surface area contributed by atoms with E-state index in [1.54, 1.807) is 5.56 Å². The van der Waals surface area contributed by atoms with E-state index in [1.165, 1.54) is 12.8 Å². The second-order valence-electron chi connectivity index (χ2n) is 4.30. The fourth-order valence-corrected chi connectivity index (χ4v) is 2.86. The normalized spacial score (nSPS) is 31.1. The van der Waals surface area contributed by atoms with Crippen molar-refractivity contribution in [1.29, 1.82) is 0 Å². The lowest BCUT2D eigenvalue weighted by Crippen LogP contribution is -2.04.